The van der Waals surface area contributed by atoms with E-state index in [1.54, 1.807) is 30.6 Å². The van der Waals surface area contributed by atoms with Gasteiger partial charge in [-0.25, -0.2) is 0 Å². The highest BCUT2D eigenvalue weighted by Crippen LogP contribution is 2.29. The van der Waals surface area contributed by atoms with Crippen LogP contribution < -0.4 is 10.2 Å². The topological polar surface area (TPSA) is 62.3 Å². The number of halogens is 2. The fraction of sp³-hybridized carbons (Fsp3) is 0.235. The molecule has 2 aromatic rings. The molecule has 2 amide bonds. The second-order valence-electron chi connectivity index (χ2n) is 5.15. The van der Waals surface area contributed by atoms with Gasteiger partial charge in [0.15, 0.2) is 0 Å². The van der Waals surface area contributed by atoms with E-state index < -0.39 is 0 Å². The maximum Gasteiger partial charge on any atom is 0.223 e. The summed E-state index contributed by atoms with van der Waals surface area (Å²) in [6.07, 6.45) is 3.53. The molecule has 0 unspecified atom stereocenters. The number of pyridine rings is 1. The van der Waals surface area contributed by atoms with Crippen molar-refractivity contribution in [2.75, 3.05) is 11.4 Å². The predicted octanol–water partition coefficient (Wildman–Crippen LogP) is 3.45. The average Bonchev–Trinajstić information content (AvgIpc) is 2.55. The molecule has 7 heteroatoms. The summed E-state index contributed by atoms with van der Waals surface area (Å²) in [6, 6.07) is 8.57. The monoisotopic (exact) mass is 365 g/mol. The van der Waals surface area contributed by atoms with E-state index in [0.717, 1.165) is 5.56 Å². The molecular formula is C17H17Cl2N3O2. The number of carbonyl (C=O) groups is 2. The van der Waals surface area contributed by atoms with Crippen LogP contribution in [0.25, 0.3) is 0 Å². The molecule has 5 nitrogen and oxygen atoms in total. The zero-order valence-electron chi connectivity index (χ0n) is 13.1. The van der Waals surface area contributed by atoms with Crippen molar-refractivity contribution < 1.29 is 9.59 Å². The first-order chi connectivity index (χ1) is 11.5. The number of anilines is 1. The smallest absolute Gasteiger partial charge is 0.223 e. The van der Waals surface area contributed by atoms with Gasteiger partial charge < -0.3 is 10.2 Å². The number of amides is 2. The quantitative estimate of drug-likeness (QED) is 0.852. The highest BCUT2D eigenvalue weighted by Gasteiger charge is 2.16. The molecule has 1 aromatic heterocycles. The summed E-state index contributed by atoms with van der Waals surface area (Å²) in [6.45, 7) is 2.06. The Balaban J connectivity index is 1.94. The van der Waals surface area contributed by atoms with Crippen LogP contribution in [-0.2, 0) is 16.1 Å². The summed E-state index contributed by atoms with van der Waals surface area (Å²) >= 11 is 12.0. The lowest BCUT2D eigenvalue weighted by atomic mass is 10.2. The molecule has 24 heavy (non-hydrogen) atoms. The van der Waals surface area contributed by atoms with Gasteiger partial charge in [0, 0.05) is 43.9 Å². The second-order valence-corrected chi connectivity index (χ2v) is 6.00. The van der Waals surface area contributed by atoms with Crippen LogP contribution in [-0.4, -0.2) is 23.3 Å². The predicted molar refractivity (Wildman–Crippen MR) is 95.2 cm³/mol. The third-order valence-electron chi connectivity index (χ3n) is 3.36. The lowest BCUT2D eigenvalue weighted by molar-refractivity contribution is -0.121. The summed E-state index contributed by atoms with van der Waals surface area (Å²) in [7, 11) is 0. The average molecular weight is 366 g/mol. The third kappa shape index (κ3) is 5.22. The third-order valence-corrected chi connectivity index (χ3v) is 3.89. The van der Waals surface area contributed by atoms with Gasteiger partial charge in [0.25, 0.3) is 0 Å². The molecule has 0 spiro atoms. The molecule has 0 aliphatic carbocycles. The number of nitrogens with one attached hydrogen (secondary N) is 1. The zero-order valence-corrected chi connectivity index (χ0v) is 14.6. The van der Waals surface area contributed by atoms with E-state index in [0.29, 0.717) is 22.3 Å². The lowest BCUT2D eigenvalue weighted by Crippen LogP contribution is -2.33. The van der Waals surface area contributed by atoms with Crippen LogP contribution in [0.4, 0.5) is 5.69 Å². The Morgan fingerprint density at radius 1 is 1.25 bits per heavy atom. The molecular weight excluding hydrogens is 349 g/mol. The Morgan fingerprint density at radius 3 is 2.67 bits per heavy atom. The van der Waals surface area contributed by atoms with Gasteiger partial charge in [-0.2, -0.15) is 0 Å². The summed E-state index contributed by atoms with van der Waals surface area (Å²) in [5.74, 6) is -0.352. The first-order valence-electron chi connectivity index (χ1n) is 7.36. The Bertz CT molecular complexity index is 723. The number of benzene rings is 1. The number of hydrogen-bond donors (Lipinski definition) is 1. The summed E-state index contributed by atoms with van der Waals surface area (Å²) in [5.41, 5.74) is 1.45. The van der Waals surface area contributed by atoms with Crippen LogP contribution in [0.5, 0.6) is 0 Å². The van der Waals surface area contributed by atoms with Crippen molar-refractivity contribution in [1.82, 2.24) is 10.3 Å². The largest absolute Gasteiger partial charge is 0.352 e. The summed E-state index contributed by atoms with van der Waals surface area (Å²) in [5, 5.41) is 3.65. The van der Waals surface area contributed by atoms with Gasteiger partial charge >= 0.3 is 0 Å². The van der Waals surface area contributed by atoms with Crippen molar-refractivity contribution in [3.63, 3.8) is 0 Å². The van der Waals surface area contributed by atoms with Crippen molar-refractivity contribution in [2.45, 2.75) is 19.9 Å². The maximum absolute atomic E-state index is 12.0. The minimum atomic E-state index is -0.195. The Morgan fingerprint density at radius 2 is 2.04 bits per heavy atom. The molecule has 1 heterocycles. The zero-order chi connectivity index (χ0) is 17.5. The van der Waals surface area contributed by atoms with E-state index in [1.807, 2.05) is 12.1 Å². The van der Waals surface area contributed by atoms with Crippen LogP contribution in [0.3, 0.4) is 0 Å². The molecule has 0 saturated heterocycles. The number of rotatable bonds is 6. The first-order valence-corrected chi connectivity index (χ1v) is 8.11. The van der Waals surface area contributed by atoms with Crippen LogP contribution in [0.2, 0.25) is 10.0 Å². The number of nitrogens with zero attached hydrogens (tertiary/aromatic N) is 2. The maximum atomic E-state index is 12.0. The molecule has 2 rings (SSSR count). The van der Waals surface area contributed by atoms with Gasteiger partial charge in [-0.1, -0.05) is 29.3 Å². The number of carbonyl (C=O) groups excluding carboxylic acids is 2. The van der Waals surface area contributed by atoms with Crippen molar-refractivity contribution in [2.24, 2.45) is 0 Å². The molecule has 126 valence electrons. The SMILES string of the molecule is CC(=O)N(CCC(=O)NCc1cccnc1)c1ccc(Cl)cc1Cl. The molecule has 0 aliphatic heterocycles. The Hall–Kier alpha value is -2.11. The van der Waals surface area contributed by atoms with Gasteiger partial charge in [-0.15, -0.1) is 0 Å². The fourth-order valence-electron chi connectivity index (χ4n) is 2.15. The molecule has 1 aromatic carbocycles. The van der Waals surface area contributed by atoms with Crippen molar-refractivity contribution in [1.29, 1.82) is 0 Å². The minimum absolute atomic E-state index is 0.157. The van der Waals surface area contributed by atoms with Gasteiger partial charge in [-0.05, 0) is 29.8 Å². The highest BCUT2D eigenvalue weighted by atomic mass is 35.5. The number of hydrogen-bond acceptors (Lipinski definition) is 3. The van der Waals surface area contributed by atoms with Crippen LogP contribution in [0.1, 0.15) is 18.9 Å². The Kier molecular flexibility index (Phi) is 6.58. The van der Waals surface area contributed by atoms with Crippen molar-refractivity contribution in [3.05, 3.63) is 58.3 Å². The van der Waals surface area contributed by atoms with E-state index >= 15 is 0 Å². The molecule has 0 saturated carbocycles. The van der Waals surface area contributed by atoms with Crippen LogP contribution in [0, 0.1) is 0 Å². The molecule has 1 N–H and O–H groups in total. The van der Waals surface area contributed by atoms with Crippen LogP contribution in [0.15, 0.2) is 42.7 Å². The van der Waals surface area contributed by atoms with Crippen molar-refractivity contribution in [3.8, 4) is 0 Å². The molecule has 0 radical (unpaired) electrons. The number of aromatic nitrogens is 1. The van der Waals surface area contributed by atoms with Gasteiger partial charge in [0.1, 0.15) is 0 Å². The van der Waals surface area contributed by atoms with E-state index in [9.17, 15) is 9.59 Å². The van der Waals surface area contributed by atoms with Crippen LogP contribution >= 0.6 is 23.2 Å². The van der Waals surface area contributed by atoms with E-state index in [-0.39, 0.29) is 24.8 Å². The molecule has 0 bridgehead atoms. The summed E-state index contributed by atoms with van der Waals surface area (Å²) < 4.78 is 0. The van der Waals surface area contributed by atoms with Crippen molar-refractivity contribution >= 4 is 40.7 Å². The molecule has 0 fully saturated rings. The van der Waals surface area contributed by atoms with Gasteiger partial charge in [-0.3, -0.25) is 14.6 Å². The van der Waals surface area contributed by atoms with E-state index in [1.165, 1.54) is 11.8 Å². The molecule has 0 aliphatic rings. The molecule has 0 atom stereocenters. The second kappa shape index (κ2) is 8.66. The highest BCUT2D eigenvalue weighted by molar-refractivity contribution is 6.36. The minimum Gasteiger partial charge on any atom is -0.352 e. The Labute approximate surface area is 150 Å². The normalized spacial score (nSPS) is 10.3. The first kappa shape index (κ1) is 18.2. The fourth-order valence-corrected chi connectivity index (χ4v) is 2.66. The van der Waals surface area contributed by atoms with E-state index in [4.69, 9.17) is 23.2 Å². The van der Waals surface area contributed by atoms with Gasteiger partial charge in [0.05, 0.1) is 10.7 Å². The summed E-state index contributed by atoms with van der Waals surface area (Å²) in [4.78, 5) is 29.3. The lowest BCUT2D eigenvalue weighted by Gasteiger charge is -2.22. The standard InChI is InChI=1S/C17H17Cl2N3O2/c1-12(23)22(16-5-4-14(18)9-15(16)19)8-6-17(24)21-11-13-3-2-7-20-10-13/h2-5,7,9-10H,6,8,11H2,1H3,(H,21,24). The van der Waals surface area contributed by atoms with Gasteiger partial charge in [0.2, 0.25) is 11.8 Å². The van der Waals surface area contributed by atoms with E-state index in [2.05, 4.69) is 10.3 Å².